The Kier molecular flexibility index (Phi) is 9.72. The average molecular weight is 507 g/mol. The third kappa shape index (κ3) is 6.74. The number of carbonyl (C=O) groups excluding carboxylic acids is 1. The standard InChI is InChI=1S/C19H29N3O3S.HI/c1-6-20-18(22-9-10-26-19(2,3)13-22)21-12-14-7-8-16(24-4)15(11-14)17(23)25-5;/h7-8,11H,6,9-10,12-13H2,1-5H3,(H,20,21);1H. The van der Waals surface area contributed by atoms with Gasteiger partial charge in [-0.15, -0.1) is 24.0 Å². The summed E-state index contributed by atoms with van der Waals surface area (Å²) in [6, 6.07) is 5.49. The van der Waals surface area contributed by atoms with Gasteiger partial charge in [0.1, 0.15) is 11.3 Å². The first-order chi connectivity index (χ1) is 12.4. The van der Waals surface area contributed by atoms with Gasteiger partial charge in [-0.05, 0) is 38.5 Å². The van der Waals surface area contributed by atoms with Gasteiger partial charge in [0, 0.05) is 30.1 Å². The Morgan fingerprint density at radius 2 is 2.11 bits per heavy atom. The predicted molar refractivity (Wildman–Crippen MR) is 123 cm³/mol. The van der Waals surface area contributed by atoms with Crippen molar-refractivity contribution in [2.75, 3.05) is 39.6 Å². The fourth-order valence-corrected chi connectivity index (χ4v) is 4.02. The summed E-state index contributed by atoms with van der Waals surface area (Å²) in [5.41, 5.74) is 1.36. The Hall–Kier alpha value is -1.16. The van der Waals surface area contributed by atoms with Crippen molar-refractivity contribution in [3.05, 3.63) is 29.3 Å². The van der Waals surface area contributed by atoms with E-state index >= 15 is 0 Å². The van der Waals surface area contributed by atoms with Gasteiger partial charge >= 0.3 is 5.97 Å². The molecule has 1 aliphatic rings. The Bertz CT molecular complexity index is 668. The highest BCUT2D eigenvalue weighted by molar-refractivity contribution is 14.0. The van der Waals surface area contributed by atoms with Crippen LogP contribution in [-0.4, -0.2) is 61.2 Å². The van der Waals surface area contributed by atoms with Crippen LogP contribution in [0, 0.1) is 0 Å². The van der Waals surface area contributed by atoms with Crippen molar-refractivity contribution < 1.29 is 14.3 Å². The summed E-state index contributed by atoms with van der Waals surface area (Å²) in [4.78, 5) is 19.0. The molecule has 6 nitrogen and oxygen atoms in total. The zero-order valence-corrected chi connectivity index (χ0v) is 19.9. The molecule has 1 N–H and O–H groups in total. The maximum atomic E-state index is 11.9. The van der Waals surface area contributed by atoms with Crippen molar-refractivity contribution >= 4 is 47.7 Å². The fourth-order valence-electron chi connectivity index (χ4n) is 2.91. The van der Waals surface area contributed by atoms with Crippen molar-refractivity contribution in [2.45, 2.75) is 32.1 Å². The van der Waals surface area contributed by atoms with Crippen LogP contribution < -0.4 is 10.1 Å². The van der Waals surface area contributed by atoms with E-state index in [1.807, 2.05) is 17.8 Å². The molecule has 152 valence electrons. The highest BCUT2D eigenvalue weighted by Crippen LogP contribution is 2.29. The number of benzene rings is 1. The number of methoxy groups -OCH3 is 2. The second kappa shape index (κ2) is 11.0. The van der Waals surface area contributed by atoms with Gasteiger partial charge in [0.15, 0.2) is 5.96 Å². The van der Waals surface area contributed by atoms with Gasteiger partial charge in [-0.3, -0.25) is 0 Å². The van der Waals surface area contributed by atoms with Crippen LogP contribution in [0.15, 0.2) is 23.2 Å². The number of nitrogens with one attached hydrogen (secondary N) is 1. The lowest BCUT2D eigenvalue weighted by atomic mass is 10.1. The number of aliphatic imine (C=N–C) groups is 1. The van der Waals surface area contributed by atoms with Gasteiger partial charge in [0.2, 0.25) is 0 Å². The van der Waals surface area contributed by atoms with E-state index in [1.54, 1.807) is 19.2 Å². The Morgan fingerprint density at radius 1 is 1.37 bits per heavy atom. The van der Waals surface area contributed by atoms with Crippen LogP contribution in [0.4, 0.5) is 0 Å². The van der Waals surface area contributed by atoms with Crippen LogP contribution in [0.25, 0.3) is 0 Å². The van der Waals surface area contributed by atoms with Crippen LogP contribution in [0.3, 0.4) is 0 Å². The third-order valence-corrected chi connectivity index (χ3v) is 5.44. The minimum atomic E-state index is -0.408. The largest absolute Gasteiger partial charge is 0.496 e. The summed E-state index contributed by atoms with van der Waals surface area (Å²) in [7, 11) is 2.91. The number of halogens is 1. The first-order valence-corrected chi connectivity index (χ1v) is 9.81. The topological polar surface area (TPSA) is 63.2 Å². The van der Waals surface area contributed by atoms with Gasteiger partial charge in [-0.2, -0.15) is 11.8 Å². The molecule has 0 bridgehead atoms. The van der Waals surface area contributed by atoms with E-state index in [0.29, 0.717) is 17.9 Å². The number of hydrogen-bond acceptors (Lipinski definition) is 5. The highest BCUT2D eigenvalue weighted by atomic mass is 127. The van der Waals surface area contributed by atoms with Crippen LogP contribution in [0.2, 0.25) is 0 Å². The molecule has 0 unspecified atom stereocenters. The lowest BCUT2D eigenvalue weighted by Crippen LogP contribution is -2.50. The van der Waals surface area contributed by atoms with E-state index in [9.17, 15) is 4.79 Å². The summed E-state index contributed by atoms with van der Waals surface area (Å²) >= 11 is 2.00. The monoisotopic (exact) mass is 507 g/mol. The van der Waals surface area contributed by atoms with Gasteiger partial charge in [0.05, 0.1) is 20.8 Å². The number of ether oxygens (including phenoxy) is 2. The summed E-state index contributed by atoms with van der Waals surface area (Å²) in [6.07, 6.45) is 0. The number of hydrogen-bond donors (Lipinski definition) is 1. The molecule has 0 amide bonds. The van der Waals surface area contributed by atoms with Crippen LogP contribution in [0.1, 0.15) is 36.7 Å². The molecule has 0 spiro atoms. The highest BCUT2D eigenvalue weighted by Gasteiger charge is 2.28. The molecule has 0 aromatic heterocycles. The summed E-state index contributed by atoms with van der Waals surface area (Å²) < 4.78 is 10.3. The minimum absolute atomic E-state index is 0. The van der Waals surface area contributed by atoms with Gasteiger partial charge in [0.25, 0.3) is 0 Å². The zero-order chi connectivity index (χ0) is 19.2. The average Bonchev–Trinajstić information content (AvgIpc) is 2.63. The molecule has 0 saturated carbocycles. The van der Waals surface area contributed by atoms with Gasteiger partial charge in [-0.25, -0.2) is 9.79 Å². The molecular formula is C19H30IN3O3S. The minimum Gasteiger partial charge on any atom is -0.496 e. The quantitative estimate of drug-likeness (QED) is 0.286. The second-order valence-corrected chi connectivity index (χ2v) is 8.53. The summed E-state index contributed by atoms with van der Waals surface area (Å²) in [6.45, 7) is 9.84. The molecule has 1 aromatic carbocycles. The molecule has 0 aliphatic carbocycles. The maximum Gasteiger partial charge on any atom is 0.341 e. The number of guanidine groups is 1. The van der Waals surface area contributed by atoms with Crippen LogP contribution >= 0.6 is 35.7 Å². The maximum absolute atomic E-state index is 11.9. The molecule has 1 saturated heterocycles. The molecule has 2 rings (SSSR count). The Morgan fingerprint density at radius 3 is 2.70 bits per heavy atom. The van der Waals surface area contributed by atoms with Crippen molar-refractivity contribution in [3.8, 4) is 5.75 Å². The lowest BCUT2D eigenvalue weighted by molar-refractivity contribution is 0.0597. The van der Waals surface area contributed by atoms with Crippen molar-refractivity contribution in [3.63, 3.8) is 0 Å². The van der Waals surface area contributed by atoms with Crippen molar-refractivity contribution in [2.24, 2.45) is 4.99 Å². The zero-order valence-electron chi connectivity index (χ0n) is 16.7. The second-order valence-electron chi connectivity index (χ2n) is 6.73. The molecule has 0 atom stereocenters. The van der Waals surface area contributed by atoms with Crippen molar-refractivity contribution in [1.82, 2.24) is 10.2 Å². The lowest BCUT2D eigenvalue weighted by Gasteiger charge is -2.39. The van der Waals surface area contributed by atoms with E-state index in [1.165, 1.54) is 7.11 Å². The normalized spacial score (nSPS) is 16.3. The molecule has 1 aromatic rings. The van der Waals surface area contributed by atoms with Crippen LogP contribution in [-0.2, 0) is 11.3 Å². The molecule has 0 radical (unpaired) electrons. The Balaban J connectivity index is 0.00000364. The van der Waals surface area contributed by atoms with E-state index in [0.717, 1.165) is 36.9 Å². The van der Waals surface area contributed by atoms with Crippen LogP contribution in [0.5, 0.6) is 5.75 Å². The Labute approximate surface area is 183 Å². The molecule has 8 heteroatoms. The summed E-state index contributed by atoms with van der Waals surface area (Å²) in [5.74, 6) is 2.10. The molecule has 1 heterocycles. The van der Waals surface area contributed by atoms with Gasteiger partial charge in [-0.1, -0.05) is 6.07 Å². The van der Waals surface area contributed by atoms with Gasteiger partial charge < -0.3 is 19.7 Å². The number of esters is 1. The number of rotatable bonds is 5. The van der Waals surface area contributed by atoms with E-state index in [-0.39, 0.29) is 28.7 Å². The first kappa shape index (κ1) is 23.9. The number of carbonyl (C=O) groups is 1. The fraction of sp³-hybridized carbons (Fsp3) is 0.579. The van der Waals surface area contributed by atoms with E-state index < -0.39 is 5.97 Å². The SMILES string of the molecule is CCNC(=NCc1ccc(OC)c(C(=O)OC)c1)N1CCSC(C)(C)C1.I. The first-order valence-electron chi connectivity index (χ1n) is 8.82. The molecular weight excluding hydrogens is 477 g/mol. The van der Waals surface area contributed by atoms with Crippen molar-refractivity contribution in [1.29, 1.82) is 0 Å². The third-order valence-electron chi connectivity index (χ3n) is 4.14. The molecule has 1 fully saturated rings. The van der Waals surface area contributed by atoms with E-state index in [2.05, 4.69) is 31.0 Å². The number of thioether (sulfide) groups is 1. The van der Waals surface area contributed by atoms with E-state index in [4.69, 9.17) is 14.5 Å². The molecule has 27 heavy (non-hydrogen) atoms. The predicted octanol–water partition coefficient (Wildman–Crippen LogP) is 3.39. The number of nitrogens with zero attached hydrogens (tertiary/aromatic N) is 2. The summed E-state index contributed by atoms with van der Waals surface area (Å²) in [5, 5.41) is 3.38. The smallest absolute Gasteiger partial charge is 0.341 e. The molecule has 1 aliphatic heterocycles.